The molecule has 0 amide bonds. The van der Waals surface area contributed by atoms with Gasteiger partial charge in [-0.3, -0.25) is 10.1 Å². The summed E-state index contributed by atoms with van der Waals surface area (Å²) in [5.74, 6) is -0.227. The van der Waals surface area contributed by atoms with Crippen molar-refractivity contribution in [1.82, 2.24) is 4.31 Å². The van der Waals surface area contributed by atoms with Crippen LogP contribution >= 0.6 is 12.4 Å². The van der Waals surface area contributed by atoms with Gasteiger partial charge in [0, 0.05) is 25.2 Å². The summed E-state index contributed by atoms with van der Waals surface area (Å²) in [7, 11) is -3.48. The standard InChI is InChI=1S/C13H19N3O4S.ClH/c1-13(9-14)5-6-15(10-13)21(19,20)8-11-3-2-4-12(7-11)16(17)18;/h2-4,7H,5-6,8-10,14H2,1H3;1H. The molecule has 0 spiro atoms. The van der Waals surface area contributed by atoms with Crippen molar-refractivity contribution < 1.29 is 13.3 Å². The van der Waals surface area contributed by atoms with E-state index in [1.54, 1.807) is 6.07 Å². The number of halogens is 1. The number of nitro groups is 1. The van der Waals surface area contributed by atoms with Crippen LogP contribution in [0.4, 0.5) is 5.69 Å². The smallest absolute Gasteiger partial charge is 0.269 e. The molecule has 0 bridgehead atoms. The highest BCUT2D eigenvalue weighted by Gasteiger charge is 2.38. The number of nitro benzene ring substituents is 1. The van der Waals surface area contributed by atoms with Crippen molar-refractivity contribution in [3.63, 3.8) is 0 Å². The molecule has 0 radical (unpaired) electrons. The van der Waals surface area contributed by atoms with E-state index >= 15 is 0 Å². The highest BCUT2D eigenvalue weighted by Crippen LogP contribution is 2.31. The molecule has 0 saturated carbocycles. The van der Waals surface area contributed by atoms with Gasteiger partial charge in [-0.15, -0.1) is 12.4 Å². The van der Waals surface area contributed by atoms with Gasteiger partial charge in [0.05, 0.1) is 10.7 Å². The summed E-state index contributed by atoms with van der Waals surface area (Å²) in [6.45, 7) is 3.26. The zero-order chi connectivity index (χ0) is 15.7. The van der Waals surface area contributed by atoms with Gasteiger partial charge < -0.3 is 5.73 Å². The van der Waals surface area contributed by atoms with Crippen molar-refractivity contribution >= 4 is 28.1 Å². The number of nitrogens with zero attached hydrogens (tertiary/aromatic N) is 2. The minimum Gasteiger partial charge on any atom is -0.330 e. The molecule has 9 heteroatoms. The summed E-state index contributed by atoms with van der Waals surface area (Å²) < 4.78 is 26.2. The molecule has 1 atom stereocenters. The topological polar surface area (TPSA) is 107 Å². The van der Waals surface area contributed by atoms with E-state index in [2.05, 4.69) is 0 Å². The van der Waals surface area contributed by atoms with Gasteiger partial charge in [-0.2, -0.15) is 0 Å². The molecule has 1 unspecified atom stereocenters. The van der Waals surface area contributed by atoms with Crippen LogP contribution in [0.15, 0.2) is 24.3 Å². The molecule has 22 heavy (non-hydrogen) atoms. The van der Waals surface area contributed by atoms with Crippen LogP contribution in [-0.2, 0) is 15.8 Å². The Labute approximate surface area is 136 Å². The van der Waals surface area contributed by atoms with Gasteiger partial charge in [0.25, 0.3) is 5.69 Å². The number of benzene rings is 1. The van der Waals surface area contributed by atoms with Crippen LogP contribution < -0.4 is 5.73 Å². The van der Waals surface area contributed by atoms with Crippen LogP contribution in [0.1, 0.15) is 18.9 Å². The van der Waals surface area contributed by atoms with Crippen molar-refractivity contribution in [2.75, 3.05) is 19.6 Å². The van der Waals surface area contributed by atoms with Crippen LogP contribution in [-0.4, -0.2) is 37.3 Å². The third kappa shape index (κ3) is 4.16. The summed E-state index contributed by atoms with van der Waals surface area (Å²) in [4.78, 5) is 10.2. The first-order chi connectivity index (χ1) is 9.76. The lowest BCUT2D eigenvalue weighted by atomic mass is 9.90. The maximum atomic E-state index is 12.4. The van der Waals surface area contributed by atoms with E-state index in [0.29, 0.717) is 25.2 Å². The summed E-state index contributed by atoms with van der Waals surface area (Å²) in [6.07, 6.45) is 0.734. The van der Waals surface area contributed by atoms with Gasteiger partial charge in [-0.05, 0) is 23.9 Å². The second kappa shape index (κ2) is 6.91. The van der Waals surface area contributed by atoms with E-state index in [4.69, 9.17) is 5.73 Å². The molecule has 0 aliphatic carbocycles. The monoisotopic (exact) mass is 349 g/mol. The Morgan fingerprint density at radius 2 is 2.14 bits per heavy atom. The molecule has 124 valence electrons. The average Bonchev–Trinajstić information content (AvgIpc) is 2.83. The SMILES string of the molecule is CC1(CN)CCN(S(=O)(=O)Cc2cccc([N+](=O)[O-])c2)C1.Cl. The lowest BCUT2D eigenvalue weighted by molar-refractivity contribution is -0.384. The second-order valence-corrected chi connectivity index (χ2v) is 7.75. The highest BCUT2D eigenvalue weighted by molar-refractivity contribution is 7.88. The van der Waals surface area contributed by atoms with Crippen molar-refractivity contribution in [2.45, 2.75) is 19.1 Å². The fourth-order valence-electron chi connectivity index (χ4n) is 2.44. The van der Waals surface area contributed by atoms with Gasteiger partial charge in [-0.25, -0.2) is 12.7 Å². The molecule has 1 aliphatic heterocycles. The number of hydrogen-bond acceptors (Lipinski definition) is 5. The maximum Gasteiger partial charge on any atom is 0.269 e. The second-order valence-electron chi connectivity index (χ2n) is 5.78. The quantitative estimate of drug-likeness (QED) is 0.640. The molecule has 0 aromatic heterocycles. The molecule has 2 N–H and O–H groups in total. The molecular weight excluding hydrogens is 330 g/mol. The molecule has 1 fully saturated rings. The number of nitrogens with two attached hydrogens (primary N) is 1. The molecule has 2 rings (SSSR count). The van der Waals surface area contributed by atoms with Crippen LogP contribution in [0.25, 0.3) is 0 Å². The number of sulfonamides is 1. The molecule has 1 aromatic rings. The minimum atomic E-state index is -3.48. The highest BCUT2D eigenvalue weighted by atomic mass is 35.5. The summed E-state index contributed by atoms with van der Waals surface area (Å²) in [5, 5.41) is 10.7. The largest absolute Gasteiger partial charge is 0.330 e. The third-order valence-electron chi connectivity index (χ3n) is 3.88. The fourth-order valence-corrected chi connectivity index (χ4v) is 4.11. The van der Waals surface area contributed by atoms with Crippen molar-refractivity contribution in [3.05, 3.63) is 39.9 Å². The molecule has 1 saturated heterocycles. The van der Waals surface area contributed by atoms with Crippen molar-refractivity contribution in [1.29, 1.82) is 0 Å². The van der Waals surface area contributed by atoms with E-state index in [1.165, 1.54) is 22.5 Å². The summed E-state index contributed by atoms with van der Waals surface area (Å²) in [5.41, 5.74) is 5.82. The zero-order valence-corrected chi connectivity index (χ0v) is 13.9. The molecular formula is C13H20ClN3O4S. The summed E-state index contributed by atoms with van der Waals surface area (Å²) in [6, 6.07) is 5.73. The number of rotatable bonds is 5. The Morgan fingerprint density at radius 1 is 1.45 bits per heavy atom. The van der Waals surface area contributed by atoms with E-state index in [-0.39, 0.29) is 29.3 Å². The van der Waals surface area contributed by atoms with E-state index in [1.807, 2.05) is 6.92 Å². The lowest BCUT2D eigenvalue weighted by Crippen LogP contribution is -2.35. The Bertz CT molecular complexity index is 652. The first kappa shape index (κ1) is 18.8. The van der Waals surface area contributed by atoms with Gasteiger partial charge in [-0.1, -0.05) is 19.1 Å². The third-order valence-corrected chi connectivity index (χ3v) is 5.68. The van der Waals surface area contributed by atoms with Crippen LogP contribution in [0.5, 0.6) is 0 Å². The van der Waals surface area contributed by atoms with Crippen LogP contribution in [0.3, 0.4) is 0 Å². The van der Waals surface area contributed by atoms with Gasteiger partial charge >= 0.3 is 0 Å². The summed E-state index contributed by atoms with van der Waals surface area (Å²) >= 11 is 0. The zero-order valence-electron chi connectivity index (χ0n) is 12.3. The minimum absolute atomic E-state index is 0. The first-order valence-corrected chi connectivity index (χ1v) is 8.28. The predicted molar refractivity (Wildman–Crippen MR) is 86.3 cm³/mol. The molecule has 1 aromatic carbocycles. The van der Waals surface area contributed by atoms with Crippen LogP contribution in [0, 0.1) is 15.5 Å². The number of hydrogen-bond donors (Lipinski definition) is 1. The molecule has 7 nitrogen and oxygen atoms in total. The van der Waals surface area contributed by atoms with Gasteiger partial charge in [0.1, 0.15) is 0 Å². The predicted octanol–water partition coefficient (Wildman–Crippen LogP) is 1.52. The van der Waals surface area contributed by atoms with Crippen molar-refractivity contribution in [2.24, 2.45) is 11.1 Å². The van der Waals surface area contributed by atoms with E-state index in [9.17, 15) is 18.5 Å². The normalized spacial score (nSPS) is 22.3. The lowest BCUT2D eigenvalue weighted by Gasteiger charge is -2.22. The average molecular weight is 350 g/mol. The molecule has 1 heterocycles. The van der Waals surface area contributed by atoms with Gasteiger partial charge in [0.2, 0.25) is 10.0 Å². The van der Waals surface area contributed by atoms with E-state index < -0.39 is 14.9 Å². The van der Waals surface area contributed by atoms with Crippen LogP contribution in [0.2, 0.25) is 0 Å². The Balaban J connectivity index is 0.00000242. The van der Waals surface area contributed by atoms with Crippen molar-refractivity contribution in [3.8, 4) is 0 Å². The Hall–Kier alpha value is -1.22. The Morgan fingerprint density at radius 3 is 2.68 bits per heavy atom. The van der Waals surface area contributed by atoms with Gasteiger partial charge in [0.15, 0.2) is 0 Å². The molecule has 1 aliphatic rings. The fraction of sp³-hybridized carbons (Fsp3) is 0.538. The first-order valence-electron chi connectivity index (χ1n) is 6.67. The maximum absolute atomic E-state index is 12.4. The van der Waals surface area contributed by atoms with E-state index in [0.717, 1.165) is 6.42 Å². The number of non-ortho nitro benzene ring substituents is 1. The Kier molecular flexibility index (Phi) is 5.91.